The van der Waals surface area contributed by atoms with Crippen molar-refractivity contribution in [3.05, 3.63) is 24.5 Å². The van der Waals surface area contributed by atoms with Crippen molar-refractivity contribution in [2.24, 2.45) is 0 Å². The molecule has 0 atom stereocenters. The Hall–Kier alpha value is -1.17. The molecule has 0 bridgehead atoms. The maximum atomic E-state index is 5.43. The average molecular weight is 241 g/mol. The van der Waals surface area contributed by atoms with Crippen molar-refractivity contribution in [1.82, 2.24) is 4.98 Å². The van der Waals surface area contributed by atoms with Crippen LogP contribution in [0, 0.1) is 0 Å². The lowest BCUT2D eigenvalue weighted by atomic mass is 10.4. The van der Waals surface area contributed by atoms with Gasteiger partial charge in [-0.15, -0.1) is 0 Å². The second-order valence-corrected chi connectivity index (χ2v) is 3.25. The number of ether oxygens (including phenoxy) is 4. The van der Waals surface area contributed by atoms with Crippen molar-refractivity contribution in [3.63, 3.8) is 0 Å². The van der Waals surface area contributed by atoms with Gasteiger partial charge in [0, 0.05) is 19.5 Å². The molecule has 0 aromatic carbocycles. The number of nitrogens with zero attached hydrogens (tertiary/aromatic N) is 1. The molecule has 0 unspecified atom stereocenters. The first-order chi connectivity index (χ1) is 8.43. The van der Waals surface area contributed by atoms with Gasteiger partial charge in [-0.25, -0.2) is 0 Å². The van der Waals surface area contributed by atoms with Crippen molar-refractivity contribution in [2.75, 3.05) is 46.8 Å². The minimum Gasteiger partial charge on any atom is -0.491 e. The molecule has 0 amide bonds. The quantitative estimate of drug-likeness (QED) is 0.575. The van der Waals surface area contributed by atoms with E-state index in [4.69, 9.17) is 18.9 Å². The van der Waals surface area contributed by atoms with Gasteiger partial charge >= 0.3 is 0 Å². The van der Waals surface area contributed by atoms with E-state index in [0.29, 0.717) is 39.6 Å². The molecule has 0 fully saturated rings. The third kappa shape index (κ3) is 7.68. The monoisotopic (exact) mass is 241 g/mol. The predicted octanol–water partition coefficient (Wildman–Crippen LogP) is 1.14. The molecule has 17 heavy (non-hydrogen) atoms. The Morgan fingerprint density at radius 3 is 2.12 bits per heavy atom. The fraction of sp³-hybridized carbons (Fsp3) is 0.583. The van der Waals surface area contributed by atoms with Crippen LogP contribution in [-0.4, -0.2) is 51.7 Å². The number of hydrogen-bond acceptors (Lipinski definition) is 5. The van der Waals surface area contributed by atoms with Crippen LogP contribution in [0.15, 0.2) is 24.5 Å². The highest BCUT2D eigenvalue weighted by Gasteiger charge is 1.93. The maximum absolute atomic E-state index is 5.43. The molecule has 0 N–H and O–H groups in total. The van der Waals surface area contributed by atoms with Crippen LogP contribution < -0.4 is 4.74 Å². The standard InChI is InChI=1S/C12H19NO4/c1-14-6-7-15-8-9-16-10-11-17-12-2-4-13-5-3-12/h2-5H,6-11H2,1H3. The topological polar surface area (TPSA) is 49.8 Å². The Bertz CT molecular complexity index is 268. The summed E-state index contributed by atoms with van der Waals surface area (Å²) in [6.07, 6.45) is 3.39. The predicted molar refractivity (Wildman–Crippen MR) is 63.2 cm³/mol. The van der Waals surface area contributed by atoms with Gasteiger partial charge in [0.25, 0.3) is 0 Å². The van der Waals surface area contributed by atoms with Crippen LogP contribution >= 0.6 is 0 Å². The summed E-state index contributed by atoms with van der Waals surface area (Å²) < 4.78 is 20.8. The third-order valence-corrected chi connectivity index (χ3v) is 1.95. The van der Waals surface area contributed by atoms with E-state index in [1.165, 1.54) is 0 Å². The molecule has 1 rings (SSSR count). The highest BCUT2D eigenvalue weighted by molar-refractivity contribution is 5.16. The minimum absolute atomic E-state index is 0.530. The van der Waals surface area contributed by atoms with E-state index in [-0.39, 0.29) is 0 Å². The lowest BCUT2D eigenvalue weighted by Gasteiger charge is -2.07. The molecule has 0 aliphatic carbocycles. The van der Waals surface area contributed by atoms with Crippen LogP contribution in [0.3, 0.4) is 0 Å². The second-order valence-electron chi connectivity index (χ2n) is 3.25. The van der Waals surface area contributed by atoms with Crippen LogP contribution in [0.5, 0.6) is 5.75 Å². The minimum atomic E-state index is 0.530. The van der Waals surface area contributed by atoms with Gasteiger partial charge in [0.15, 0.2) is 0 Å². The second kappa shape index (κ2) is 10.0. The van der Waals surface area contributed by atoms with Crippen LogP contribution in [-0.2, 0) is 14.2 Å². The molecule has 0 aliphatic heterocycles. The zero-order valence-electron chi connectivity index (χ0n) is 10.1. The summed E-state index contributed by atoms with van der Waals surface area (Å²) in [6.45, 7) is 3.46. The highest BCUT2D eigenvalue weighted by atomic mass is 16.6. The Labute approximate surface area is 102 Å². The SMILES string of the molecule is COCCOCCOCCOc1ccncc1. The molecule has 1 heterocycles. The lowest BCUT2D eigenvalue weighted by Crippen LogP contribution is -2.12. The molecule has 0 saturated heterocycles. The summed E-state index contributed by atoms with van der Waals surface area (Å²) >= 11 is 0. The molecular weight excluding hydrogens is 222 g/mol. The molecule has 96 valence electrons. The van der Waals surface area contributed by atoms with E-state index < -0.39 is 0 Å². The molecule has 0 spiro atoms. The number of aromatic nitrogens is 1. The van der Waals surface area contributed by atoms with E-state index >= 15 is 0 Å². The van der Waals surface area contributed by atoms with Gasteiger partial charge in [0.05, 0.1) is 33.0 Å². The highest BCUT2D eigenvalue weighted by Crippen LogP contribution is 2.05. The molecule has 5 nitrogen and oxygen atoms in total. The van der Waals surface area contributed by atoms with Crippen LogP contribution in [0.4, 0.5) is 0 Å². The first-order valence-corrected chi connectivity index (χ1v) is 5.60. The van der Waals surface area contributed by atoms with E-state index in [0.717, 1.165) is 5.75 Å². The molecule has 1 aromatic rings. The van der Waals surface area contributed by atoms with Crippen molar-refractivity contribution >= 4 is 0 Å². The van der Waals surface area contributed by atoms with Crippen molar-refractivity contribution in [2.45, 2.75) is 0 Å². The molecule has 0 aliphatic rings. The first-order valence-electron chi connectivity index (χ1n) is 5.60. The summed E-state index contributed by atoms with van der Waals surface area (Å²) in [6, 6.07) is 3.63. The summed E-state index contributed by atoms with van der Waals surface area (Å²) in [5.74, 6) is 0.806. The van der Waals surface area contributed by atoms with E-state index in [9.17, 15) is 0 Å². The summed E-state index contributed by atoms with van der Waals surface area (Å²) in [5.41, 5.74) is 0. The van der Waals surface area contributed by atoms with Gasteiger partial charge < -0.3 is 18.9 Å². The number of pyridine rings is 1. The van der Waals surface area contributed by atoms with Crippen LogP contribution in [0.1, 0.15) is 0 Å². The van der Waals surface area contributed by atoms with Crippen molar-refractivity contribution in [3.8, 4) is 5.75 Å². The maximum Gasteiger partial charge on any atom is 0.122 e. The largest absolute Gasteiger partial charge is 0.491 e. The summed E-state index contributed by atoms with van der Waals surface area (Å²) in [7, 11) is 1.65. The summed E-state index contributed by atoms with van der Waals surface area (Å²) in [5, 5.41) is 0. The smallest absolute Gasteiger partial charge is 0.122 e. The zero-order valence-corrected chi connectivity index (χ0v) is 10.1. The Balaban J connectivity index is 1.85. The number of hydrogen-bond donors (Lipinski definition) is 0. The van der Waals surface area contributed by atoms with Crippen LogP contribution in [0.2, 0.25) is 0 Å². The Kier molecular flexibility index (Phi) is 8.18. The molecule has 5 heteroatoms. The summed E-state index contributed by atoms with van der Waals surface area (Å²) in [4.78, 5) is 3.90. The van der Waals surface area contributed by atoms with Gasteiger partial charge in [-0.05, 0) is 12.1 Å². The van der Waals surface area contributed by atoms with Crippen LogP contribution in [0.25, 0.3) is 0 Å². The number of methoxy groups -OCH3 is 1. The molecule has 0 radical (unpaired) electrons. The fourth-order valence-electron chi connectivity index (χ4n) is 1.12. The van der Waals surface area contributed by atoms with Gasteiger partial charge in [-0.2, -0.15) is 0 Å². The molecular formula is C12H19NO4. The van der Waals surface area contributed by atoms with E-state index in [1.807, 2.05) is 12.1 Å². The third-order valence-electron chi connectivity index (χ3n) is 1.95. The van der Waals surface area contributed by atoms with Gasteiger partial charge in [0.2, 0.25) is 0 Å². The average Bonchev–Trinajstić information content (AvgIpc) is 2.38. The zero-order chi connectivity index (χ0) is 12.2. The van der Waals surface area contributed by atoms with E-state index in [2.05, 4.69) is 4.98 Å². The molecule has 1 aromatic heterocycles. The molecule has 0 saturated carbocycles. The number of rotatable bonds is 10. The fourth-order valence-corrected chi connectivity index (χ4v) is 1.12. The van der Waals surface area contributed by atoms with Gasteiger partial charge in [-0.3, -0.25) is 4.98 Å². The van der Waals surface area contributed by atoms with E-state index in [1.54, 1.807) is 19.5 Å². The normalized spacial score (nSPS) is 10.4. The van der Waals surface area contributed by atoms with Crippen molar-refractivity contribution in [1.29, 1.82) is 0 Å². The Morgan fingerprint density at radius 1 is 0.882 bits per heavy atom. The lowest BCUT2D eigenvalue weighted by molar-refractivity contribution is 0.0179. The van der Waals surface area contributed by atoms with Crippen molar-refractivity contribution < 1.29 is 18.9 Å². The van der Waals surface area contributed by atoms with Gasteiger partial charge in [-0.1, -0.05) is 0 Å². The van der Waals surface area contributed by atoms with Gasteiger partial charge in [0.1, 0.15) is 12.4 Å². The Morgan fingerprint density at radius 2 is 1.47 bits per heavy atom. The first kappa shape index (κ1) is 13.9.